The molecule has 1 N–H and O–H groups in total. The number of benzene rings is 2. The minimum atomic E-state index is -0.105. The number of hydrogen-bond acceptors (Lipinski definition) is 2. The van der Waals surface area contributed by atoms with Gasteiger partial charge in [0.1, 0.15) is 0 Å². The number of nitrogens with one attached hydrogen (secondary N) is 1. The largest absolute Gasteiger partial charge is 0.351 e. The van der Waals surface area contributed by atoms with Gasteiger partial charge in [-0.2, -0.15) is 0 Å². The zero-order chi connectivity index (χ0) is 16.9. The molecule has 1 aliphatic heterocycles. The highest BCUT2D eigenvalue weighted by Crippen LogP contribution is 2.22. The molecule has 4 heteroatoms. The first-order valence-electron chi connectivity index (χ1n) is 8.39. The second-order valence-corrected chi connectivity index (χ2v) is 6.22. The number of nitrogens with zero attached hydrogens (tertiary/aromatic N) is 1. The second kappa shape index (κ2) is 7.30. The molecule has 2 aromatic carbocycles. The molecule has 1 aliphatic rings. The van der Waals surface area contributed by atoms with Gasteiger partial charge in [-0.05, 0) is 36.1 Å². The van der Waals surface area contributed by atoms with Crippen LogP contribution in [-0.4, -0.2) is 24.9 Å². The first-order chi connectivity index (χ1) is 11.6. The molecule has 3 rings (SSSR count). The van der Waals surface area contributed by atoms with Crippen molar-refractivity contribution < 1.29 is 9.59 Å². The molecule has 2 aromatic rings. The summed E-state index contributed by atoms with van der Waals surface area (Å²) in [6.45, 7) is 3.40. The van der Waals surface area contributed by atoms with Crippen LogP contribution in [0.1, 0.15) is 41.6 Å². The molecule has 1 heterocycles. The van der Waals surface area contributed by atoms with E-state index in [0.717, 1.165) is 18.7 Å². The molecule has 1 fully saturated rings. The Balaban J connectivity index is 1.64. The van der Waals surface area contributed by atoms with Gasteiger partial charge in [0, 0.05) is 30.8 Å². The van der Waals surface area contributed by atoms with E-state index in [1.54, 1.807) is 17.0 Å². The number of carbonyl (C=O) groups excluding carboxylic acids is 2. The quantitative estimate of drug-likeness (QED) is 0.918. The number of hydrogen-bond donors (Lipinski definition) is 1. The topological polar surface area (TPSA) is 49.4 Å². The van der Waals surface area contributed by atoms with Gasteiger partial charge < -0.3 is 10.2 Å². The molecule has 24 heavy (non-hydrogen) atoms. The summed E-state index contributed by atoms with van der Waals surface area (Å²) >= 11 is 0. The van der Waals surface area contributed by atoms with Gasteiger partial charge in [-0.15, -0.1) is 0 Å². The summed E-state index contributed by atoms with van der Waals surface area (Å²) in [4.78, 5) is 26.0. The molecule has 0 spiro atoms. The van der Waals surface area contributed by atoms with Crippen LogP contribution in [0.5, 0.6) is 0 Å². The van der Waals surface area contributed by atoms with Crippen molar-refractivity contribution in [3.63, 3.8) is 0 Å². The Kier molecular flexibility index (Phi) is 4.94. The average Bonchev–Trinajstić information content (AvgIpc) is 3.06. The lowest BCUT2D eigenvalue weighted by Gasteiger charge is -2.17. The van der Waals surface area contributed by atoms with E-state index in [-0.39, 0.29) is 17.7 Å². The van der Waals surface area contributed by atoms with E-state index in [1.165, 1.54) is 5.56 Å². The summed E-state index contributed by atoms with van der Waals surface area (Å²) in [5, 5.41) is 2.98. The van der Waals surface area contributed by atoms with Crippen molar-refractivity contribution in [2.75, 3.05) is 18.0 Å². The van der Waals surface area contributed by atoms with Crippen LogP contribution in [0.3, 0.4) is 0 Å². The third kappa shape index (κ3) is 3.65. The lowest BCUT2D eigenvalue weighted by atomic mass is 10.0. The van der Waals surface area contributed by atoms with E-state index in [0.29, 0.717) is 18.5 Å². The second-order valence-electron chi connectivity index (χ2n) is 6.22. The maximum Gasteiger partial charge on any atom is 0.251 e. The molecule has 1 atom stereocenters. The minimum Gasteiger partial charge on any atom is -0.351 e. The highest BCUT2D eigenvalue weighted by atomic mass is 16.2. The molecular weight excluding hydrogens is 300 g/mol. The number of amides is 2. The van der Waals surface area contributed by atoms with Crippen LogP contribution in [0.25, 0.3) is 0 Å². The zero-order valence-electron chi connectivity index (χ0n) is 13.9. The predicted octanol–water partition coefficient (Wildman–Crippen LogP) is 3.35. The van der Waals surface area contributed by atoms with Gasteiger partial charge in [0.15, 0.2) is 0 Å². The highest BCUT2D eigenvalue weighted by Gasteiger charge is 2.22. The van der Waals surface area contributed by atoms with Crippen LogP contribution in [0, 0.1) is 0 Å². The fourth-order valence-corrected chi connectivity index (χ4v) is 2.98. The first-order valence-corrected chi connectivity index (χ1v) is 8.39. The summed E-state index contributed by atoms with van der Waals surface area (Å²) in [5.74, 6) is 0.273. The van der Waals surface area contributed by atoms with E-state index < -0.39 is 0 Å². The highest BCUT2D eigenvalue weighted by molar-refractivity contribution is 5.99. The van der Waals surface area contributed by atoms with E-state index in [9.17, 15) is 9.59 Å². The lowest BCUT2D eigenvalue weighted by Crippen LogP contribution is -2.28. The maximum absolute atomic E-state index is 12.4. The summed E-state index contributed by atoms with van der Waals surface area (Å²) in [6.07, 6.45) is 1.47. The fourth-order valence-electron chi connectivity index (χ4n) is 2.98. The Bertz CT molecular complexity index is 727. The van der Waals surface area contributed by atoms with E-state index in [4.69, 9.17) is 0 Å². The standard InChI is InChI=1S/C20H22N2O2/c1-15(16-7-3-2-4-8-16)14-21-20(24)17-9-5-10-18(13-17)22-12-6-11-19(22)23/h2-5,7-10,13,15H,6,11-12,14H2,1H3,(H,21,24)/t15-/m1/s1. The zero-order valence-corrected chi connectivity index (χ0v) is 13.9. The van der Waals surface area contributed by atoms with Crippen LogP contribution >= 0.6 is 0 Å². The smallest absolute Gasteiger partial charge is 0.251 e. The van der Waals surface area contributed by atoms with Crippen LogP contribution in [0.4, 0.5) is 5.69 Å². The van der Waals surface area contributed by atoms with Crippen LogP contribution in [-0.2, 0) is 4.79 Å². The molecule has 0 radical (unpaired) electrons. The van der Waals surface area contributed by atoms with Gasteiger partial charge in [-0.25, -0.2) is 0 Å². The molecule has 124 valence electrons. The van der Waals surface area contributed by atoms with Crippen molar-refractivity contribution in [1.82, 2.24) is 5.32 Å². The SMILES string of the molecule is C[C@H](CNC(=O)c1cccc(N2CCCC2=O)c1)c1ccccc1. The van der Waals surface area contributed by atoms with E-state index >= 15 is 0 Å². The molecular formula is C20H22N2O2. The van der Waals surface area contributed by atoms with Gasteiger partial charge in [0.25, 0.3) is 5.91 Å². The molecule has 0 bridgehead atoms. The summed E-state index contributed by atoms with van der Waals surface area (Å²) in [5.41, 5.74) is 2.60. The Morgan fingerprint density at radius 2 is 1.96 bits per heavy atom. The summed E-state index contributed by atoms with van der Waals surface area (Å²) in [6, 6.07) is 17.4. The van der Waals surface area contributed by atoms with Crippen molar-refractivity contribution in [2.24, 2.45) is 0 Å². The van der Waals surface area contributed by atoms with Crippen molar-refractivity contribution in [3.05, 3.63) is 65.7 Å². The van der Waals surface area contributed by atoms with Gasteiger partial charge in [-0.1, -0.05) is 43.3 Å². The monoisotopic (exact) mass is 322 g/mol. The average molecular weight is 322 g/mol. The summed E-state index contributed by atoms with van der Waals surface area (Å²) in [7, 11) is 0. The molecule has 0 saturated carbocycles. The Hall–Kier alpha value is -2.62. The minimum absolute atomic E-state index is 0.105. The number of rotatable bonds is 5. The normalized spacial score (nSPS) is 15.4. The summed E-state index contributed by atoms with van der Waals surface area (Å²) < 4.78 is 0. The molecule has 2 amide bonds. The number of anilines is 1. The molecule has 0 unspecified atom stereocenters. The van der Waals surface area contributed by atoms with Crippen molar-refractivity contribution >= 4 is 17.5 Å². The molecule has 0 aliphatic carbocycles. The Labute approximate surface area is 142 Å². The molecule has 1 saturated heterocycles. The van der Waals surface area contributed by atoms with Crippen LogP contribution in [0.15, 0.2) is 54.6 Å². The van der Waals surface area contributed by atoms with E-state index in [2.05, 4.69) is 24.4 Å². The van der Waals surface area contributed by atoms with Gasteiger partial charge >= 0.3 is 0 Å². The lowest BCUT2D eigenvalue weighted by molar-refractivity contribution is -0.117. The third-order valence-corrected chi connectivity index (χ3v) is 4.43. The number of carbonyl (C=O) groups is 2. The van der Waals surface area contributed by atoms with Gasteiger partial charge in [-0.3, -0.25) is 9.59 Å². The van der Waals surface area contributed by atoms with Crippen LogP contribution < -0.4 is 10.2 Å². The van der Waals surface area contributed by atoms with Crippen molar-refractivity contribution in [1.29, 1.82) is 0 Å². The van der Waals surface area contributed by atoms with Crippen molar-refractivity contribution in [3.8, 4) is 0 Å². The Morgan fingerprint density at radius 1 is 1.17 bits per heavy atom. The molecule has 4 nitrogen and oxygen atoms in total. The first kappa shape index (κ1) is 16.2. The van der Waals surface area contributed by atoms with E-state index in [1.807, 2.05) is 30.3 Å². The predicted molar refractivity (Wildman–Crippen MR) is 95.2 cm³/mol. The third-order valence-electron chi connectivity index (χ3n) is 4.43. The Morgan fingerprint density at radius 3 is 2.67 bits per heavy atom. The molecule has 0 aromatic heterocycles. The van der Waals surface area contributed by atoms with Gasteiger partial charge in [0.05, 0.1) is 0 Å². The van der Waals surface area contributed by atoms with Gasteiger partial charge in [0.2, 0.25) is 5.91 Å². The van der Waals surface area contributed by atoms with Crippen molar-refractivity contribution in [2.45, 2.75) is 25.7 Å². The van der Waals surface area contributed by atoms with Crippen LogP contribution in [0.2, 0.25) is 0 Å². The fraction of sp³-hybridized carbons (Fsp3) is 0.300. The maximum atomic E-state index is 12.4.